The van der Waals surface area contributed by atoms with Crippen LogP contribution in [0.15, 0.2) is 50.7 Å². The van der Waals surface area contributed by atoms with Crippen LogP contribution in [-0.4, -0.2) is 7.85 Å². The van der Waals surface area contributed by atoms with Crippen LogP contribution in [-0.2, 0) is 0 Å². The number of benzene rings is 2. The SMILES string of the molecule is [B]c1ccc(/C=C/c2ccc(Br)cc2S)c(S)c1. The molecule has 4 heteroatoms. The number of halogens is 1. The molecule has 0 aromatic heterocycles. The van der Waals surface area contributed by atoms with Gasteiger partial charge in [0.05, 0.1) is 0 Å². The van der Waals surface area contributed by atoms with Crippen molar-refractivity contribution in [3.8, 4) is 0 Å². The first-order valence-corrected chi connectivity index (χ1v) is 7.00. The summed E-state index contributed by atoms with van der Waals surface area (Å²) in [6.07, 6.45) is 4.02. The van der Waals surface area contributed by atoms with E-state index in [4.69, 9.17) is 7.85 Å². The van der Waals surface area contributed by atoms with Crippen molar-refractivity contribution in [2.45, 2.75) is 9.79 Å². The first-order chi connectivity index (χ1) is 8.56. The van der Waals surface area contributed by atoms with E-state index in [1.54, 1.807) is 0 Å². The van der Waals surface area contributed by atoms with Crippen molar-refractivity contribution in [1.82, 2.24) is 0 Å². The van der Waals surface area contributed by atoms with Gasteiger partial charge in [0.2, 0.25) is 0 Å². The summed E-state index contributed by atoms with van der Waals surface area (Å²) in [6.45, 7) is 0. The van der Waals surface area contributed by atoms with Crippen molar-refractivity contribution in [3.05, 3.63) is 52.0 Å². The van der Waals surface area contributed by atoms with Gasteiger partial charge in [0.1, 0.15) is 7.85 Å². The zero-order valence-corrected chi connectivity index (χ0v) is 12.8. The Morgan fingerprint density at radius 1 is 0.889 bits per heavy atom. The minimum absolute atomic E-state index is 0.718. The highest BCUT2D eigenvalue weighted by atomic mass is 79.9. The predicted octanol–water partition coefficient (Wildman–Crippen LogP) is 3.99. The van der Waals surface area contributed by atoms with E-state index in [9.17, 15) is 0 Å². The predicted molar refractivity (Wildman–Crippen MR) is 89.4 cm³/mol. The van der Waals surface area contributed by atoms with Crippen molar-refractivity contribution in [2.24, 2.45) is 0 Å². The van der Waals surface area contributed by atoms with Crippen molar-refractivity contribution in [2.75, 3.05) is 0 Å². The normalized spacial score (nSPS) is 11.1. The van der Waals surface area contributed by atoms with Gasteiger partial charge in [-0.3, -0.25) is 0 Å². The highest BCUT2D eigenvalue weighted by Crippen LogP contribution is 2.22. The molecule has 0 aliphatic carbocycles. The lowest BCUT2D eigenvalue weighted by Crippen LogP contribution is -2.00. The number of rotatable bonds is 2. The molecule has 0 atom stereocenters. The van der Waals surface area contributed by atoms with E-state index in [-0.39, 0.29) is 0 Å². The molecule has 0 heterocycles. The summed E-state index contributed by atoms with van der Waals surface area (Å²) in [6, 6.07) is 11.6. The molecule has 2 rings (SSSR count). The molecule has 0 amide bonds. The quantitative estimate of drug-likeness (QED) is 0.463. The van der Waals surface area contributed by atoms with E-state index in [0.717, 1.165) is 30.9 Å². The fourth-order valence-corrected chi connectivity index (χ4v) is 2.66. The Morgan fingerprint density at radius 3 is 2.00 bits per heavy atom. The summed E-state index contributed by atoms with van der Waals surface area (Å²) < 4.78 is 1.02. The van der Waals surface area contributed by atoms with Crippen LogP contribution in [0.4, 0.5) is 0 Å². The Balaban J connectivity index is 2.30. The first kappa shape index (κ1) is 13.8. The second kappa shape index (κ2) is 6.05. The van der Waals surface area contributed by atoms with Gasteiger partial charge < -0.3 is 0 Å². The Hall–Kier alpha value is -0.575. The maximum atomic E-state index is 5.69. The maximum Gasteiger partial charge on any atom is 0.113 e. The summed E-state index contributed by atoms with van der Waals surface area (Å²) in [7, 11) is 5.69. The number of thiol groups is 2. The summed E-state index contributed by atoms with van der Waals surface area (Å²) in [4.78, 5) is 1.79. The van der Waals surface area contributed by atoms with Crippen molar-refractivity contribution in [3.63, 3.8) is 0 Å². The molecule has 0 unspecified atom stereocenters. The van der Waals surface area contributed by atoms with E-state index in [1.807, 2.05) is 48.6 Å². The van der Waals surface area contributed by atoms with Crippen molar-refractivity contribution in [1.29, 1.82) is 0 Å². The Morgan fingerprint density at radius 2 is 1.44 bits per heavy atom. The van der Waals surface area contributed by atoms with E-state index in [2.05, 4.69) is 41.2 Å². The smallest absolute Gasteiger partial charge is 0.113 e. The second-order valence-corrected chi connectivity index (χ2v) is 5.73. The Kier molecular flexibility index (Phi) is 4.65. The van der Waals surface area contributed by atoms with Crippen molar-refractivity contribution >= 4 is 66.6 Å². The van der Waals surface area contributed by atoms with Crippen LogP contribution in [0.5, 0.6) is 0 Å². The van der Waals surface area contributed by atoms with Crippen LogP contribution >= 0.6 is 41.2 Å². The lowest BCUT2D eigenvalue weighted by Gasteiger charge is -2.03. The summed E-state index contributed by atoms with van der Waals surface area (Å²) in [5.41, 5.74) is 2.81. The minimum atomic E-state index is 0.718. The van der Waals surface area contributed by atoms with Crippen LogP contribution in [0.3, 0.4) is 0 Å². The molecule has 0 aliphatic heterocycles. The minimum Gasteiger partial charge on any atom is -0.143 e. The lowest BCUT2D eigenvalue weighted by atomic mass is 9.95. The van der Waals surface area contributed by atoms with Gasteiger partial charge in [-0.25, -0.2) is 0 Å². The van der Waals surface area contributed by atoms with Crippen LogP contribution in [0.1, 0.15) is 11.1 Å². The zero-order valence-electron chi connectivity index (χ0n) is 9.47. The molecule has 0 aliphatic rings. The summed E-state index contributed by atoms with van der Waals surface area (Å²) in [5.74, 6) is 0. The van der Waals surface area contributed by atoms with Crippen molar-refractivity contribution < 1.29 is 0 Å². The number of hydrogen-bond donors (Lipinski definition) is 2. The average molecular weight is 333 g/mol. The fourth-order valence-electron chi connectivity index (χ4n) is 1.54. The molecule has 18 heavy (non-hydrogen) atoms. The van der Waals surface area contributed by atoms with Gasteiger partial charge in [-0.05, 0) is 23.3 Å². The molecule has 0 saturated carbocycles. The molecule has 0 spiro atoms. The van der Waals surface area contributed by atoms with E-state index in [1.165, 1.54) is 0 Å². The molecule has 2 aromatic rings. The molecular weight excluding hydrogens is 323 g/mol. The van der Waals surface area contributed by atoms with E-state index < -0.39 is 0 Å². The summed E-state index contributed by atoms with van der Waals surface area (Å²) >= 11 is 12.2. The average Bonchev–Trinajstić information content (AvgIpc) is 2.30. The van der Waals surface area contributed by atoms with Gasteiger partial charge in [-0.2, -0.15) is 0 Å². The van der Waals surface area contributed by atoms with Crippen LogP contribution in [0.25, 0.3) is 12.2 Å². The van der Waals surface area contributed by atoms with Crippen LogP contribution < -0.4 is 5.46 Å². The monoisotopic (exact) mass is 332 g/mol. The van der Waals surface area contributed by atoms with Gasteiger partial charge >= 0.3 is 0 Å². The van der Waals surface area contributed by atoms with E-state index in [0.29, 0.717) is 0 Å². The van der Waals surface area contributed by atoms with Crippen LogP contribution in [0, 0.1) is 0 Å². The van der Waals surface area contributed by atoms with Gasteiger partial charge in [-0.15, -0.1) is 25.3 Å². The lowest BCUT2D eigenvalue weighted by molar-refractivity contribution is 1.41. The van der Waals surface area contributed by atoms with Crippen LogP contribution in [0.2, 0.25) is 0 Å². The molecule has 0 bridgehead atoms. The third-order valence-electron chi connectivity index (χ3n) is 2.49. The highest BCUT2D eigenvalue weighted by Gasteiger charge is 1.98. The topological polar surface area (TPSA) is 0 Å². The first-order valence-electron chi connectivity index (χ1n) is 5.31. The zero-order chi connectivity index (χ0) is 13.1. The molecule has 0 saturated heterocycles. The molecule has 0 N–H and O–H groups in total. The van der Waals surface area contributed by atoms with Gasteiger partial charge in [0, 0.05) is 14.3 Å². The van der Waals surface area contributed by atoms with Gasteiger partial charge in [0.25, 0.3) is 0 Å². The molecule has 2 aromatic carbocycles. The van der Waals surface area contributed by atoms with Gasteiger partial charge in [0.15, 0.2) is 0 Å². The fraction of sp³-hybridized carbons (Fsp3) is 0. The van der Waals surface area contributed by atoms with E-state index >= 15 is 0 Å². The molecule has 0 nitrogen and oxygen atoms in total. The second-order valence-electron chi connectivity index (χ2n) is 3.85. The molecular formula is C14H10BBrS2. The number of hydrogen-bond acceptors (Lipinski definition) is 2. The molecule has 2 radical (unpaired) electrons. The largest absolute Gasteiger partial charge is 0.143 e. The molecule has 88 valence electrons. The highest BCUT2D eigenvalue weighted by molar-refractivity contribution is 9.10. The van der Waals surface area contributed by atoms with Gasteiger partial charge in [-0.1, -0.05) is 57.8 Å². The Bertz CT molecular complexity index is 555. The Labute approximate surface area is 128 Å². The third kappa shape index (κ3) is 3.47. The maximum absolute atomic E-state index is 5.69. The molecule has 0 fully saturated rings. The standard InChI is InChI=1S/C14H10BBrS2/c15-11-5-3-9(13(17)7-11)1-2-10-4-6-12(16)8-14(10)18/h1-8,17-18H/b2-1+. The summed E-state index contributed by atoms with van der Waals surface area (Å²) in [5, 5.41) is 0. The third-order valence-corrected chi connectivity index (χ3v) is 3.76.